The first-order valence-electron chi connectivity index (χ1n) is 9.74. The molecule has 180 valence electrons. The van der Waals surface area contributed by atoms with Crippen molar-refractivity contribution in [2.75, 3.05) is 40.4 Å². The molecule has 0 amide bonds. The fourth-order valence-electron chi connectivity index (χ4n) is 3.20. The number of carboxylic acid groups (broad SMARTS) is 2. The van der Waals surface area contributed by atoms with Crippen molar-refractivity contribution in [2.24, 2.45) is 0 Å². The first kappa shape index (κ1) is 26.0. The van der Waals surface area contributed by atoms with Gasteiger partial charge in [-0.25, -0.2) is 22.4 Å². The summed E-state index contributed by atoms with van der Waals surface area (Å²) in [6.45, 7) is 2.60. The third kappa shape index (κ3) is 6.88. The molecule has 1 saturated heterocycles. The van der Waals surface area contributed by atoms with Crippen LogP contribution in [0.1, 0.15) is 5.56 Å². The van der Waals surface area contributed by atoms with E-state index in [2.05, 4.69) is 4.90 Å². The zero-order chi connectivity index (χ0) is 24.6. The van der Waals surface area contributed by atoms with Crippen molar-refractivity contribution < 1.29 is 42.1 Å². The lowest BCUT2D eigenvalue weighted by Crippen LogP contribution is -2.48. The number of methoxy groups -OCH3 is 2. The first-order valence-corrected chi connectivity index (χ1v) is 11.2. The molecule has 2 aromatic carbocycles. The fourth-order valence-corrected chi connectivity index (χ4v) is 4.62. The van der Waals surface area contributed by atoms with Gasteiger partial charge >= 0.3 is 11.9 Å². The minimum absolute atomic E-state index is 0.117. The van der Waals surface area contributed by atoms with E-state index in [1.807, 2.05) is 18.2 Å². The number of hydrogen-bond acceptors (Lipinski definition) is 7. The van der Waals surface area contributed by atoms with Crippen LogP contribution in [0.3, 0.4) is 0 Å². The van der Waals surface area contributed by atoms with Crippen molar-refractivity contribution in [1.82, 2.24) is 9.21 Å². The zero-order valence-electron chi connectivity index (χ0n) is 18.1. The predicted molar refractivity (Wildman–Crippen MR) is 115 cm³/mol. The van der Waals surface area contributed by atoms with E-state index in [-0.39, 0.29) is 4.90 Å². The third-order valence-corrected chi connectivity index (χ3v) is 6.76. The van der Waals surface area contributed by atoms with Crippen molar-refractivity contribution in [1.29, 1.82) is 0 Å². The topological polar surface area (TPSA) is 134 Å². The van der Waals surface area contributed by atoms with E-state index in [9.17, 15) is 12.8 Å². The van der Waals surface area contributed by atoms with Crippen LogP contribution in [0.15, 0.2) is 47.4 Å². The molecule has 1 aliphatic heterocycles. The van der Waals surface area contributed by atoms with E-state index < -0.39 is 27.8 Å². The van der Waals surface area contributed by atoms with Gasteiger partial charge in [-0.15, -0.1) is 0 Å². The lowest BCUT2D eigenvalue weighted by molar-refractivity contribution is -0.159. The Hall–Kier alpha value is -3.22. The van der Waals surface area contributed by atoms with E-state index >= 15 is 0 Å². The maximum atomic E-state index is 13.1. The van der Waals surface area contributed by atoms with Crippen LogP contribution in [-0.2, 0) is 26.2 Å². The molecular weight excluding hydrogens is 459 g/mol. The number of benzene rings is 2. The Labute approximate surface area is 190 Å². The van der Waals surface area contributed by atoms with E-state index in [4.69, 9.17) is 29.3 Å². The second kappa shape index (κ2) is 11.6. The van der Waals surface area contributed by atoms with Crippen molar-refractivity contribution in [3.05, 3.63) is 53.8 Å². The summed E-state index contributed by atoms with van der Waals surface area (Å²) >= 11 is 0. The number of ether oxygens (including phenoxy) is 2. The molecule has 12 heteroatoms. The number of sulfonamides is 1. The average Bonchev–Trinajstić information content (AvgIpc) is 2.80. The summed E-state index contributed by atoms with van der Waals surface area (Å²) in [6.07, 6.45) is 0. The van der Waals surface area contributed by atoms with Gasteiger partial charge in [0.15, 0.2) is 11.5 Å². The van der Waals surface area contributed by atoms with Gasteiger partial charge in [-0.05, 0) is 30.3 Å². The number of piperazine rings is 1. The number of nitrogens with zero attached hydrogens (tertiary/aromatic N) is 2. The molecule has 1 fully saturated rings. The zero-order valence-corrected chi connectivity index (χ0v) is 18.9. The van der Waals surface area contributed by atoms with Crippen LogP contribution in [-0.4, -0.2) is 80.2 Å². The highest BCUT2D eigenvalue weighted by Crippen LogP contribution is 2.31. The minimum atomic E-state index is -3.60. The Balaban J connectivity index is 0.000000569. The molecule has 0 spiro atoms. The standard InChI is InChI=1S/C19H23FN2O4S.C2H2O4/c1-25-18-5-3-4-15(19(18)26-2)14-21-10-12-22(13-11-21)27(23,24)17-8-6-16(20)7-9-17;3-1(4)2(5)6/h3-9H,10-14H2,1-2H3;(H,3,4)(H,5,6). The number of hydrogen-bond donors (Lipinski definition) is 2. The largest absolute Gasteiger partial charge is 0.493 e. The summed E-state index contributed by atoms with van der Waals surface area (Å²) < 4.78 is 50.7. The molecule has 0 saturated carbocycles. The second-order valence-electron chi connectivity index (χ2n) is 6.90. The molecule has 0 atom stereocenters. The van der Waals surface area contributed by atoms with Crippen molar-refractivity contribution in [3.63, 3.8) is 0 Å². The van der Waals surface area contributed by atoms with Gasteiger partial charge in [0.2, 0.25) is 10.0 Å². The monoisotopic (exact) mass is 484 g/mol. The summed E-state index contributed by atoms with van der Waals surface area (Å²) in [5.41, 5.74) is 0.992. The predicted octanol–water partition coefficient (Wildman–Crippen LogP) is 1.51. The molecule has 1 heterocycles. The van der Waals surface area contributed by atoms with Gasteiger partial charge in [0.25, 0.3) is 0 Å². The number of para-hydroxylation sites is 1. The number of carbonyl (C=O) groups is 2. The molecule has 0 bridgehead atoms. The van der Waals surface area contributed by atoms with Crippen molar-refractivity contribution in [3.8, 4) is 11.5 Å². The summed E-state index contributed by atoms with van der Waals surface area (Å²) in [4.78, 5) is 20.5. The first-order chi connectivity index (χ1) is 15.6. The number of halogens is 1. The molecule has 3 rings (SSSR count). The smallest absolute Gasteiger partial charge is 0.414 e. The lowest BCUT2D eigenvalue weighted by atomic mass is 10.1. The van der Waals surface area contributed by atoms with Crippen LogP contribution < -0.4 is 9.47 Å². The molecule has 2 aromatic rings. The normalized spacial score (nSPS) is 14.6. The molecule has 0 aliphatic carbocycles. The van der Waals surface area contributed by atoms with E-state index in [1.54, 1.807) is 14.2 Å². The van der Waals surface area contributed by atoms with Crippen molar-refractivity contribution in [2.45, 2.75) is 11.4 Å². The fraction of sp³-hybridized carbons (Fsp3) is 0.333. The molecule has 33 heavy (non-hydrogen) atoms. The van der Waals surface area contributed by atoms with Crippen LogP contribution in [0.2, 0.25) is 0 Å². The summed E-state index contributed by atoms with van der Waals surface area (Å²) in [7, 11) is -0.400. The maximum Gasteiger partial charge on any atom is 0.414 e. The molecule has 0 radical (unpaired) electrons. The summed E-state index contributed by atoms with van der Waals surface area (Å²) in [6, 6.07) is 10.7. The molecular formula is C21H25FN2O8S. The minimum Gasteiger partial charge on any atom is -0.493 e. The maximum absolute atomic E-state index is 13.1. The van der Waals surface area contributed by atoms with Gasteiger partial charge in [-0.1, -0.05) is 12.1 Å². The number of rotatable bonds is 6. The molecule has 0 aromatic heterocycles. The van der Waals surface area contributed by atoms with Gasteiger partial charge < -0.3 is 19.7 Å². The van der Waals surface area contributed by atoms with E-state index in [0.717, 1.165) is 17.7 Å². The summed E-state index contributed by atoms with van der Waals surface area (Å²) in [5.74, 6) is -2.73. The van der Waals surface area contributed by atoms with Crippen LogP contribution in [0, 0.1) is 5.82 Å². The van der Waals surface area contributed by atoms with Gasteiger partial charge in [0.1, 0.15) is 5.82 Å². The molecule has 10 nitrogen and oxygen atoms in total. The van der Waals surface area contributed by atoms with Crippen LogP contribution in [0.25, 0.3) is 0 Å². The van der Waals surface area contributed by atoms with Crippen molar-refractivity contribution >= 4 is 22.0 Å². The Kier molecular flexibility index (Phi) is 9.14. The Morgan fingerprint density at radius 2 is 1.52 bits per heavy atom. The van der Waals surface area contributed by atoms with Crippen LogP contribution in [0.5, 0.6) is 11.5 Å². The third-order valence-electron chi connectivity index (χ3n) is 4.84. The number of carboxylic acids is 2. The second-order valence-corrected chi connectivity index (χ2v) is 8.84. The Bertz CT molecular complexity index is 1060. The molecule has 2 N–H and O–H groups in total. The SMILES string of the molecule is COc1cccc(CN2CCN(S(=O)(=O)c3ccc(F)cc3)CC2)c1OC.O=C(O)C(=O)O. The van der Waals surface area contributed by atoms with Crippen LogP contribution >= 0.6 is 0 Å². The van der Waals surface area contributed by atoms with E-state index in [0.29, 0.717) is 44.2 Å². The summed E-state index contributed by atoms with van der Waals surface area (Å²) in [5, 5.41) is 14.8. The van der Waals surface area contributed by atoms with E-state index in [1.165, 1.54) is 16.4 Å². The molecule has 1 aliphatic rings. The lowest BCUT2D eigenvalue weighted by Gasteiger charge is -2.34. The average molecular weight is 485 g/mol. The quantitative estimate of drug-likeness (QED) is 0.585. The Morgan fingerprint density at radius 1 is 0.939 bits per heavy atom. The highest BCUT2D eigenvalue weighted by molar-refractivity contribution is 7.89. The van der Waals surface area contributed by atoms with Crippen LogP contribution in [0.4, 0.5) is 4.39 Å². The number of aliphatic carboxylic acids is 2. The van der Waals surface area contributed by atoms with Gasteiger partial charge in [-0.2, -0.15) is 4.31 Å². The highest BCUT2D eigenvalue weighted by Gasteiger charge is 2.29. The van der Waals surface area contributed by atoms with Gasteiger partial charge in [0.05, 0.1) is 19.1 Å². The molecule has 0 unspecified atom stereocenters. The van der Waals surface area contributed by atoms with Gasteiger partial charge in [-0.3, -0.25) is 4.90 Å². The highest BCUT2D eigenvalue weighted by atomic mass is 32.2. The Morgan fingerprint density at radius 3 is 2.00 bits per heavy atom. The van der Waals surface area contributed by atoms with Gasteiger partial charge in [0, 0.05) is 38.3 Å².